The van der Waals surface area contributed by atoms with E-state index < -0.39 is 6.03 Å². The standard InChI is InChI=1S/C13H23N3O4/c1-9(2)14-13(19)15-11(17)8-16-6-4-5-10(7-16)12(18)20-3/h9-10H,4-8H2,1-3H3,(H2,14,15,17,19). The van der Waals surface area contributed by atoms with Gasteiger partial charge >= 0.3 is 12.0 Å². The van der Waals surface area contributed by atoms with Crippen molar-refractivity contribution >= 4 is 17.9 Å². The number of hydrogen-bond acceptors (Lipinski definition) is 5. The average molecular weight is 285 g/mol. The number of ether oxygens (including phenoxy) is 1. The molecule has 0 bridgehead atoms. The highest BCUT2D eigenvalue weighted by Crippen LogP contribution is 2.17. The van der Waals surface area contributed by atoms with Crippen LogP contribution in [0.25, 0.3) is 0 Å². The lowest BCUT2D eigenvalue weighted by atomic mass is 9.98. The fourth-order valence-corrected chi connectivity index (χ4v) is 2.23. The summed E-state index contributed by atoms with van der Waals surface area (Å²) in [6, 6.07) is -0.520. The minimum atomic E-state index is -0.494. The minimum Gasteiger partial charge on any atom is -0.469 e. The van der Waals surface area contributed by atoms with E-state index in [0.29, 0.717) is 6.54 Å². The number of amides is 3. The van der Waals surface area contributed by atoms with Gasteiger partial charge in [0.2, 0.25) is 5.91 Å². The number of methoxy groups -OCH3 is 1. The fraction of sp³-hybridized carbons (Fsp3) is 0.769. The zero-order valence-electron chi connectivity index (χ0n) is 12.3. The number of rotatable bonds is 4. The zero-order chi connectivity index (χ0) is 15.1. The minimum absolute atomic E-state index is 0.0264. The van der Waals surface area contributed by atoms with Crippen LogP contribution in [-0.2, 0) is 14.3 Å². The molecule has 7 nitrogen and oxygen atoms in total. The molecule has 3 amide bonds. The van der Waals surface area contributed by atoms with Crippen LogP contribution >= 0.6 is 0 Å². The van der Waals surface area contributed by atoms with Gasteiger partial charge in [0.25, 0.3) is 0 Å². The molecular formula is C13H23N3O4. The van der Waals surface area contributed by atoms with Crippen LogP contribution in [0.1, 0.15) is 26.7 Å². The molecule has 1 fully saturated rings. The Balaban J connectivity index is 2.38. The summed E-state index contributed by atoms with van der Waals surface area (Å²) in [4.78, 5) is 36.5. The van der Waals surface area contributed by atoms with Gasteiger partial charge in [-0.1, -0.05) is 0 Å². The SMILES string of the molecule is COC(=O)C1CCCN(CC(=O)NC(=O)NC(C)C)C1. The first-order chi connectivity index (χ1) is 9.42. The van der Waals surface area contributed by atoms with E-state index in [1.54, 1.807) is 0 Å². The highest BCUT2D eigenvalue weighted by Gasteiger charge is 2.27. The van der Waals surface area contributed by atoms with Crippen molar-refractivity contribution in [3.8, 4) is 0 Å². The molecule has 1 saturated heterocycles. The number of hydrogen-bond donors (Lipinski definition) is 2. The number of nitrogens with one attached hydrogen (secondary N) is 2. The van der Waals surface area contributed by atoms with Gasteiger partial charge < -0.3 is 10.1 Å². The molecule has 0 radical (unpaired) electrons. The monoisotopic (exact) mass is 285 g/mol. The van der Waals surface area contributed by atoms with E-state index in [0.717, 1.165) is 19.4 Å². The molecule has 1 atom stereocenters. The van der Waals surface area contributed by atoms with E-state index in [4.69, 9.17) is 4.74 Å². The molecule has 20 heavy (non-hydrogen) atoms. The third-order valence-electron chi connectivity index (χ3n) is 3.08. The molecule has 0 aromatic heterocycles. The maximum atomic E-state index is 11.7. The van der Waals surface area contributed by atoms with Crippen molar-refractivity contribution in [2.45, 2.75) is 32.7 Å². The number of esters is 1. The van der Waals surface area contributed by atoms with Crippen LogP contribution in [0, 0.1) is 5.92 Å². The Morgan fingerprint density at radius 2 is 2.05 bits per heavy atom. The van der Waals surface area contributed by atoms with Crippen molar-refractivity contribution in [2.75, 3.05) is 26.7 Å². The maximum absolute atomic E-state index is 11.7. The van der Waals surface area contributed by atoms with Gasteiger partial charge in [-0.25, -0.2) is 4.79 Å². The Bertz CT molecular complexity index is 371. The summed E-state index contributed by atoms with van der Waals surface area (Å²) < 4.78 is 4.72. The molecule has 0 aromatic carbocycles. The van der Waals surface area contributed by atoms with Gasteiger partial charge in [0.05, 0.1) is 19.6 Å². The van der Waals surface area contributed by atoms with E-state index in [1.807, 2.05) is 18.7 Å². The predicted octanol–water partition coefficient (Wildman–Crippen LogP) is 0.106. The van der Waals surface area contributed by atoms with Crippen LogP contribution in [-0.4, -0.2) is 55.6 Å². The Morgan fingerprint density at radius 1 is 1.35 bits per heavy atom. The molecule has 0 aliphatic carbocycles. The van der Waals surface area contributed by atoms with E-state index in [9.17, 15) is 14.4 Å². The summed E-state index contributed by atoms with van der Waals surface area (Å²) in [6.07, 6.45) is 1.61. The van der Waals surface area contributed by atoms with Crippen LogP contribution in [0.15, 0.2) is 0 Å². The number of nitrogens with zero attached hydrogens (tertiary/aromatic N) is 1. The molecule has 7 heteroatoms. The van der Waals surface area contributed by atoms with Crippen molar-refractivity contribution in [2.24, 2.45) is 5.92 Å². The second-order valence-electron chi connectivity index (χ2n) is 5.27. The van der Waals surface area contributed by atoms with E-state index >= 15 is 0 Å². The smallest absolute Gasteiger partial charge is 0.321 e. The van der Waals surface area contributed by atoms with Crippen LogP contribution in [0.2, 0.25) is 0 Å². The van der Waals surface area contributed by atoms with Gasteiger partial charge in [-0.15, -0.1) is 0 Å². The second kappa shape index (κ2) is 7.84. The first-order valence-corrected chi connectivity index (χ1v) is 6.83. The highest BCUT2D eigenvalue weighted by molar-refractivity contribution is 5.95. The van der Waals surface area contributed by atoms with Crippen LogP contribution < -0.4 is 10.6 Å². The van der Waals surface area contributed by atoms with Crippen LogP contribution in [0.5, 0.6) is 0 Å². The van der Waals surface area contributed by atoms with Gasteiger partial charge in [-0.2, -0.15) is 0 Å². The number of urea groups is 1. The van der Waals surface area contributed by atoms with Crippen LogP contribution in [0.4, 0.5) is 4.79 Å². The molecule has 1 rings (SSSR count). The average Bonchev–Trinajstić information content (AvgIpc) is 2.36. The second-order valence-corrected chi connectivity index (χ2v) is 5.27. The van der Waals surface area contributed by atoms with Crippen molar-refractivity contribution in [1.82, 2.24) is 15.5 Å². The lowest BCUT2D eigenvalue weighted by Gasteiger charge is -2.30. The molecule has 0 spiro atoms. The summed E-state index contributed by atoms with van der Waals surface area (Å²) in [5.74, 6) is -0.799. The third-order valence-corrected chi connectivity index (χ3v) is 3.08. The maximum Gasteiger partial charge on any atom is 0.321 e. The topological polar surface area (TPSA) is 87.7 Å². The summed E-state index contributed by atoms with van der Waals surface area (Å²) in [5, 5.41) is 4.85. The Kier molecular flexibility index (Phi) is 6.44. The zero-order valence-corrected chi connectivity index (χ0v) is 12.3. The number of imide groups is 1. The number of piperidine rings is 1. The summed E-state index contributed by atoms with van der Waals surface area (Å²) >= 11 is 0. The molecule has 114 valence electrons. The molecule has 0 aromatic rings. The van der Waals surface area contributed by atoms with Gasteiger partial charge in [0.1, 0.15) is 0 Å². The van der Waals surface area contributed by atoms with Crippen LogP contribution in [0.3, 0.4) is 0 Å². The molecule has 1 aliphatic rings. The van der Waals surface area contributed by atoms with Gasteiger partial charge in [-0.3, -0.25) is 19.8 Å². The Hall–Kier alpha value is -1.63. The quantitative estimate of drug-likeness (QED) is 0.716. The summed E-state index contributed by atoms with van der Waals surface area (Å²) in [6.45, 7) is 4.98. The van der Waals surface area contributed by atoms with E-state index in [-0.39, 0.29) is 30.4 Å². The molecule has 0 saturated carbocycles. The first kappa shape index (κ1) is 16.4. The lowest BCUT2D eigenvalue weighted by molar-refractivity contribution is -0.147. The van der Waals surface area contributed by atoms with Crippen molar-refractivity contribution in [3.05, 3.63) is 0 Å². The van der Waals surface area contributed by atoms with Gasteiger partial charge in [-0.05, 0) is 33.2 Å². The Labute approximate surface area is 119 Å². The van der Waals surface area contributed by atoms with E-state index in [2.05, 4.69) is 10.6 Å². The third kappa shape index (κ3) is 5.56. The normalized spacial score (nSPS) is 19.5. The molecule has 1 unspecified atom stereocenters. The molecule has 1 heterocycles. The fourth-order valence-electron chi connectivity index (χ4n) is 2.23. The number of carbonyl (C=O) groups is 3. The molecule has 1 aliphatic heterocycles. The predicted molar refractivity (Wildman–Crippen MR) is 73.0 cm³/mol. The Morgan fingerprint density at radius 3 is 2.65 bits per heavy atom. The van der Waals surface area contributed by atoms with Crippen molar-refractivity contribution < 1.29 is 19.1 Å². The highest BCUT2D eigenvalue weighted by atomic mass is 16.5. The van der Waals surface area contributed by atoms with Crippen molar-refractivity contribution in [1.29, 1.82) is 0 Å². The van der Waals surface area contributed by atoms with Gasteiger partial charge in [0.15, 0.2) is 0 Å². The number of likely N-dealkylation sites (tertiary alicyclic amines) is 1. The molecule has 2 N–H and O–H groups in total. The van der Waals surface area contributed by atoms with Gasteiger partial charge in [0, 0.05) is 12.6 Å². The largest absolute Gasteiger partial charge is 0.469 e. The summed E-state index contributed by atoms with van der Waals surface area (Å²) in [7, 11) is 1.37. The van der Waals surface area contributed by atoms with Crippen molar-refractivity contribution in [3.63, 3.8) is 0 Å². The summed E-state index contributed by atoms with van der Waals surface area (Å²) in [5.41, 5.74) is 0. The number of carbonyl (C=O) groups excluding carboxylic acids is 3. The van der Waals surface area contributed by atoms with E-state index in [1.165, 1.54) is 7.11 Å². The molecular weight excluding hydrogens is 262 g/mol. The lowest BCUT2D eigenvalue weighted by Crippen LogP contribution is -2.48. The first-order valence-electron chi connectivity index (χ1n) is 6.83.